The number of halogens is 1. The van der Waals surface area contributed by atoms with E-state index in [-0.39, 0.29) is 17.6 Å². The summed E-state index contributed by atoms with van der Waals surface area (Å²) in [6.07, 6.45) is 8.23. The first-order chi connectivity index (χ1) is 17.1. The van der Waals surface area contributed by atoms with Crippen LogP contribution < -0.4 is 5.32 Å². The number of benzene rings is 1. The third-order valence-electron chi connectivity index (χ3n) is 6.76. The Bertz CT molecular complexity index is 1210. The zero-order chi connectivity index (χ0) is 24.2. The zero-order valence-electron chi connectivity index (χ0n) is 19.4. The van der Waals surface area contributed by atoms with Crippen molar-refractivity contribution < 1.29 is 9.90 Å². The zero-order valence-corrected chi connectivity index (χ0v) is 21.0. The van der Waals surface area contributed by atoms with Crippen LogP contribution in [-0.4, -0.2) is 59.0 Å². The summed E-state index contributed by atoms with van der Waals surface area (Å²) in [5, 5.41) is 14.1. The number of carbonyl (C=O) groups excluding carboxylic acids is 1. The van der Waals surface area contributed by atoms with Crippen molar-refractivity contribution >= 4 is 33.8 Å². The van der Waals surface area contributed by atoms with Crippen LogP contribution in [0.1, 0.15) is 35.3 Å². The number of aromatic nitrogens is 1. The molecule has 1 unspecified atom stereocenters. The van der Waals surface area contributed by atoms with Crippen LogP contribution >= 0.6 is 15.9 Å². The van der Waals surface area contributed by atoms with Crippen LogP contribution in [0.4, 0.5) is 0 Å². The molecule has 0 bridgehead atoms. The van der Waals surface area contributed by atoms with Crippen LogP contribution in [0, 0.1) is 11.8 Å². The number of aliphatic imine (C=N–C) groups is 2. The van der Waals surface area contributed by atoms with Crippen molar-refractivity contribution in [3.05, 3.63) is 81.9 Å². The second-order valence-corrected chi connectivity index (χ2v) is 10.00. The molecule has 1 saturated heterocycles. The number of pyridine rings is 1. The van der Waals surface area contributed by atoms with Gasteiger partial charge in [-0.1, -0.05) is 18.2 Å². The van der Waals surface area contributed by atoms with Gasteiger partial charge in [-0.25, -0.2) is 0 Å². The summed E-state index contributed by atoms with van der Waals surface area (Å²) in [6, 6.07) is 12.7. The molecule has 8 heteroatoms. The summed E-state index contributed by atoms with van der Waals surface area (Å²) in [7, 11) is 0. The third kappa shape index (κ3) is 5.37. The Morgan fingerprint density at radius 3 is 2.71 bits per heavy atom. The highest BCUT2D eigenvalue weighted by molar-refractivity contribution is 9.12. The van der Waals surface area contributed by atoms with Gasteiger partial charge in [0.05, 0.1) is 15.9 Å². The van der Waals surface area contributed by atoms with Crippen LogP contribution in [0.25, 0.3) is 0 Å². The Kier molecular flexibility index (Phi) is 7.08. The predicted molar refractivity (Wildman–Crippen MR) is 141 cm³/mol. The fourth-order valence-corrected chi connectivity index (χ4v) is 5.34. The number of likely N-dealkylation sites (tertiary alicyclic amines) is 1. The normalized spacial score (nSPS) is 20.6. The number of nitrogens with one attached hydrogen (secondary N) is 1. The highest BCUT2D eigenvalue weighted by atomic mass is 79.9. The number of dihydropyridines is 1. The number of phenols is 1. The Morgan fingerprint density at radius 1 is 1.14 bits per heavy atom. The fraction of sp³-hybridized carbons (Fsp3) is 0.333. The highest BCUT2D eigenvalue weighted by Gasteiger charge is 2.27. The lowest BCUT2D eigenvalue weighted by molar-refractivity contribution is 0.0685. The van der Waals surface area contributed by atoms with E-state index in [0.29, 0.717) is 23.7 Å². The summed E-state index contributed by atoms with van der Waals surface area (Å²) in [5.41, 5.74) is 4.02. The van der Waals surface area contributed by atoms with Gasteiger partial charge in [0.1, 0.15) is 11.4 Å². The Balaban J connectivity index is 1.26. The van der Waals surface area contributed by atoms with E-state index in [1.165, 1.54) is 0 Å². The number of hydrogen-bond donors (Lipinski definition) is 2. The first-order valence-electron chi connectivity index (χ1n) is 12.0. The molecule has 0 radical (unpaired) electrons. The summed E-state index contributed by atoms with van der Waals surface area (Å²) in [4.78, 5) is 28.2. The molecule has 0 spiro atoms. The number of phenolic OH excluding ortho intramolecular Hbond substituents is 1. The molecule has 1 amide bonds. The van der Waals surface area contributed by atoms with E-state index in [1.807, 2.05) is 41.4 Å². The molecular formula is C27H28BrN5O2. The summed E-state index contributed by atoms with van der Waals surface area (Å²) in [6.45, 7) is 3.00. The fourth-order valence-electron chi connectivity index (χ4n) is 4.78. The first-order valence-corrected chi connectivity index (χ1v) is 12.8. The number of fused-ring (bicyclic) bond motifs is 1. The third-order valence-corrected chi connectivity index (χ3v) is 7.37. The van der Waals surface area contributed by atoms with E-state index in [9.17, 15) is 9.90 Å². The van der Waals surface area contributed by atoms with Gasteiger partial charge in [0.15, 0.2) is 0 Å². The highest BCUT2D eigenvalue weighted by Crippen LogP contribution is 2.33. The molecule has 0 aliphatic carbocycles. The maximum Gasteiger partial charge on any atom is 0.272 e. The van der Waals surface area contributed by atoms with Crippen molar-refractivity contribution in [1.29, 1.82) is 0 Å². The summed E-state index contributed by atoms with van der Waals surface area (Å²) < 4.78 is 0.890. The summed E-state index contributed by atoms with van der Waals surface area (Å²) >= 11 is 3.62. The van der Waals surface area contributed by atoms with Gasteiger partial charge in [0.25, 0.3) is 5.91 Å². The average Bonchev–Trinajstić information content (AvgIpc) is 3.08. The van der Waals surface area contributed by atoms with Gasteiger partial charge >= 0.3 is 0 Å². The number of para-hydroxylation sites is 1. The molecule has 2 aromatic rings. The average molecular weight is 534 g/mol. The topological polar surface area (TPSA) is 90.2 Å². The minimum Gasteiger partial charge on any atom is -0.507 e. The number of rotatable bonds is 5. The molecule has 35 heavy (non-hydrogen) atoms. The van der Waals surface area contributed by atoms with Gasteiger partial charge in [-0.05, 0) is 71.5 Å². The van der Waals surface area contributed by atoms with Gasteiger partial charge in [-0.3, -0.25) is 19.8 Å². The van der Waals surface area contributed by atoms with Crippen molar-refractivity contribution in [3.63, 3.8) is 0 Å². The molecule has 3 aliphatic rings. The maximum absolute atomic E-state index is 12.7. The van der Waals surface area contributed by atoms with E-state index < -0.39 is 0 Å². The van der Waals surface area contributed by atoms with Crippen molar-refractivity contribution in [2.45, 2.75) is 19.3 Å². The minimum absolute atomic E-state index is 0.00903. The van der Waals surface area contributed by atoms with Gasteiger partial charge in [0, 0.05) is 55.8 Å². The lowest BCUT2D eigenvalue weighted by atomic mass is 9.95. The van der Waals surface area contributed by atoms with Crippen molar-refractivity contribution in [2.24, 2.45) is 21.8 Å². The quantitative estimate of drug-likeness (QED) is 0.598. The Morgan fingerprint density at radius 2 is 1.94 bits per heavy atom. The van der Waals surface area contributed by atoms with Crippen molar-refractivity contribution in [3.8, 4) is 5.75 Å². The van der Waals surface area contributed by atoms with Gasteiger partial charge in [-0.15, -0.1) is 0 Å². The molecule has 4 heterocycles. The standard InChI is InChI=1S/C27H28BrN5O2/c28-22-17-29-16-19-13-20(14-24(32-26(19)22)21-5-1-2-7-25(21)34)31-15-18-8-11-33(12-9-18)27(35)23-6-3-4-10-30-23/h1-7,10,14,17-19,31,34H,8-9,11-13,15-16H2. The molecule has 5 rings (SSSR count). The van der Waals surface area contributed by atoms with Crippen molar-refractivity contribution in [2.75, 3.05) is 26.2 Å². The minimum atomic E-state index is 0.00903. The number of nitrogens with zero attached hydrogens (tertiary/aromatic N) is 4. The molecule has 1 aromatic heterocycles. The molecule has 1 atom stereocenters. The first kappa shape index (κ1) is 23.5. The molecule has 2 N–H and O–H groups in total. The number of aromatic hydroxyl groups is 1. The van der Waals surface area contributed by atoms with E-state index in [2.05, 4.69) is 37.3 Å². The van der Waals surface area contributed by atoms with E-state index >= 15 is 0 Å². The molecule has 1 fully saturated rings. The largest absolute Gasteiger partial charge is 0.507 e. The second kappa shape index (κ2) is 10.6. The lowest BCUT2D eigenvalue weighted by Gasteiger charge is -2.32. The van der Waals surface area contributed by atoms with Crippen LogP contribution in [0.5, 0.6) is 5.75 Å². The van der Waals surface area contributed by atoms with Crippen molar-refractivity contribution in [1.82, 2.24) is 15.2 Å². The Hall–Kier alpha value is -3.26. The summed E-state index contributed by atoms with van der Waals surface area (Å²) in [5.74, 6) is 0.874. The lowest BCUT2D eigenvalue weighted by Crippen LogP contribution is -2.41. The van der Waals surface area contributed by atoms with Gasteiger partial charge in [0.2, 0.25) is 0 Å². The van der Waals surface area contributed by atoms with E-state index in [1.54, 1.807) is 18.3 Å². The monoisotopic (exact) mass is 533 g/mol. The molecule has 3 aliphatic heterocycles. The second-order valence-electron chi connectivity index (χ2n) is 9.14. The predicted octanol–water partition coefficient (Wildman–Crippen LogP) is 4.31. The van der Waals surface area contributed by atoms with Crippen LogP contribution in [0.2, 0.25) is 0 Å². The number of allylic oxidation sites excluding steroid dienone is 3. The SMILES string of the molecule is O=C(c1ccccn1)N1CCC(CNC2=CC(c3ccccc3O)=NC3=C(Br)C=NCC3C2)CC1. The number of carbonyl (C=O) groups is 1. The number of hydrogen-bond acceptors (Lipinski definition) is 6. The maximum atomic E-state index is 12.7. The van der Waals surface area contributed by atoms with E-state index in [4.69, 9.17) is 4.99 Å². The molecule has 7 nitrogen and oxygen atoms in total. The number of amides is 1. The molecule has 0 saturated carbocycles. The van der Waals surface area contributed by atoms with Crippen LogP contribution in [0.15, 0.2) is 80.6 Å². The van der Waals surface area contributed by atoms with E-state index in [0.717, 1.165) is 60.5 Å². The molecular weight excluding hydrogens is 506 g/mol. The molecule has 1 aromatic carbocycles. The Labute approximate surface area is 213 Å². The van der Waals surface area contributed by atoms with Gasteiger partial charge < -0.3 is 15.3 Å². The molecule has 180 valence electrons. The van der Waals surface area contributed by atoms with Crippen LogP contribution in [-0.2, 0) is 0 Å². The van der Waals surface area contributed by atoms with Gasteiger partial charge in [-0.2, -0.15) is 0 Å². The number of piperidine rings is 1. The smallest absolute Gasteiger partial charge is 0.272 e. The van der Waals surface area contributed by atoms with Crippen LogP contribution in [0.3, 0.4) is 0 Å².